The van der Waals surface area contributed by atoms with Crippen molar-refractivity contribution in [2.45, 2.75) is 50.3 Å². The lowest BCUT2D eigenvalue weighted by Gasteiger charge is -2.43. The molecule has 0 spiro atoms. The van der Waals surface area contributed by atoms with Crippen LogP contribution in [0.15, 0.2) is 30.6 Å². The third-order valence-corrected chi connectivity index (χ3v) is 7.13. The highest BCUT2D eigenvalue weighted by atomic mass is 19.1. The molecule has 7 nitrogen and oxygen atoms in total. The molecule has 2 aromatic heterocycles. The number of benzene rings is 1. The summed E-state index contributed by atoms with van der Waals surface area (Å²) in [6, 6.07) is 6.98. The minimum Gasteiger partial charge on any atom is -0.491 e. The summed E-state index contributed by atoms with van der Waals surface area (Å²) in [6.07, 6.45) is 5.49. The van der Waals surface area contributed by atoms with E-state index in [-0.39, 0.29) is 24.0 Å². The lowest BCUT2D eigenvalue weighted by atomic mass is 9.83. The van der Waals surface area contributed by atoms with E-state index in [0.717, 1.165) is 35.5 Å². The van der Waals surface area contributed by atoms with E-state index in [1.165, 1.54) is 37.1 Å². The van der Waals surface area contributed by atoms with Gasteiger partial charge in [-0.3, -0.25) is 4.90 Å². The van der Waals surface area contributed by atoms with Gasteiger partial charge in [-0.25, -0.2) is 14.4 Å². The van der Waals surface area contributed by atoms with E-state index in [2.05, 4.69) is 38.2 Å². The summed E-state index contributed by atoms with van der Waals surface area (Å²) in [5, 5.41) is 4.69. The number of nitrogens with one attached hydrogen (secondary N) is 2. The molecule has 0 bridgehead atoms. The van der Waals surface area contributed by atoms with Gasteiger partial charge < -0.3 is 19.8 Å². The fraction of sp³-hybridized carbons (Fsp3) is 0.500. The van der Waals surface area contributed by atoms with Crippen LogP contribution in [0.1, 0.15) is 49.4 Å². The summed E-state index contributed by atoms with van der Waals surface area (Å²) in [5.74, 6) is 1.69. The molecule has 6 rings (SSSR count). The molecule has 0 radical (unpaired) electrons. The highest BCUT2D eigenvalue weighted by molar-refractivity contribution is 5.88. The largest absolute Gasteiger partial charge is 0.491 e. The standard InChI is InChI=1S/C24H28FN5O2/c1-14-11-30(7-8-31-14)20-12-32-21-9-16(25)5-6-17(21)22(20)29-24-18-10-19(15-3-2-4-15)28-23(18)26-13-27-24/h5-6,9-10,13-15,20,22H,2-4,7-8,11-12H2,1H3,(H2,26,27,28,29)/t14-,20?,22+/m1/s1. The summed E-state index contributed by atoms with van der Waals surface area (Å²) in [5.41, 5.74) is 3.04. The number of aromatic amines is 1. The first kappa shape index (κ1) is 19.9. The average Bonchev–Trinajstić information content (AvgIpc) is 3.17. The highest BCUT2D eigenvalue weighted by Crippen LogP contribution is 2.40. The summed E-state index contributed by atoms with van der Waals surface area (Å²) >= 11 is 0. The monoisotopic (exact) mass is 437 g/mol. The third kappa shape index (κ3) is 3.51. The maximum absolute atomic E-state index is 13.9. The van der Waals surface area contributed by atoms with Gasteiger partial charge >= 0.3 is 0 Å². The van der Waals surface area contributed by atoms with Gasteiger partial charge in [-0.2, -0.15) is 0 Å². The molecular weight excluding hydrogens is 409 g/mol. The first-order valence-electron chi connectivity index (χ1n) is 11.5. The van der Waals surface area contributed by atoms with Crippen LogP contribution in [-0.4, -0.2) is 58.3 Å². The second-order valence-electron chi connectivity index (χ2n) is 9.20. The summed E-state index contributed by atoms with van der Waals surface area (Å²) in [4.78, 5) is 15.0. The lowest BCUT2D eigenvalue weighted by molar-refractivity contribution is -0.0465. The molecule has 2 fully saturated rings. The van der Waals surface area contributed by atoms with Crippen LogP contribution < -0.4 is 10.1 Å². The fourth-order valence-corrected chi connectivity index (χ4v) is 5.17. The number of nitrogens with zero attached hydrogens (tertiary/aromatic N) is 3. The van der Waals surface area contributed by atoms with Crippen LogP contribution in [0.2, 0.25) is 0 Å². The Bertz CT molecular complexity index is 1130. The van der Waals surface area contributed by atoms with Crippen molar-refractivity contribution in [2.24, 2.45) is 0 Å². The molecule has 2 N–H and O–H groups in total. The van der Waals surface area contributed by atoms with Gasteiger partial charge in [-0.05, 0) is 37.8 Å². The normalized spacial score (nSPS) is 26.4. The number of hydrogen-bond donors (Lipinski definition) is 2. The molecule has 1 aliphatic carbocycles. The lowest BCUT2D eigenvalue weighted by Crippen LogP contribution is -2.54. The van der Waals surface area contributed by atoms with Crippen molar-refractivity contribution in [1.82, 2.24) is 19.9 Å². The zero-order valence-corrected chi connectivity index (χ0v) is 18.2. The van der Waals surface area contributed by atoms with E-state index in [1.807, 2.05) is 6.07 Å². The fourth-order valence-electron chi connectivity index (χ4n) is 5.17. The molecule has 168 valence electrons. The first-order valence-corrected chi connectivity index (χ1v) is 11.5. The molecule has 1 unspecified atom stereocenters. The van der Waals surface area contributed by atoms with Crippen LogP contribution in [0.5, 0.6) is 5.75 Å². The van der Waals surface area contributed by atoms with E-state index in [1.54, 1.807) is 6.33 Å². The average molecular weight is 438 g/mol. The number of morpholine rings is 1. The van der Waals surface area contributed by atoms with Crippen molar-refractivity contribution >= 4 is 16.9 Å². The Morgan fingerprint density at radius 2 is 2.12 bits per heavy atom. The van der Waals surface area contributed by atoms with Gasteiger partial charge in [0.2, 0.25) is 0 Å². The van der Waals surface area contributed by atoms with Crippen LogP contribution in [-0.2, 0) is 4.74 Å². The second-order valence-corrected chi connectivity index (χ2v) is 9.20. The Morgan fingerprint density at radius 3 is 2.94 bits per heavy atom. The summed E-state index contributed by atoms with van der Waals surface area (Å²) in [6.45, 7) is 4.94. The Morgan fingerprint density at radius 1 is 1.22 bits per heavy atom. The van der Waals surface area contributed by atoms with E-state index >= 15 is 0 Å². The molecule has 3 aromatic rings. The summed E-state index contributed by atoms with van der Waals surface area (Å²) < 4.78 is 25.7. The molecule has 2 aliphatic heterocycles. The SMILES string of the molecule is C[C@@H]1CN(C2COc3cc(F)ccc3[C@@H]2Nc2ncnc3[nH]c(C4CCC4)cc23)CCO1. The van der Waals surface area contributed by atoms with Crippen molar-refractivity contribution in [1.29, 1.82) is 0 Å². The first-order chi connectivity index (χ1) is 15.7. The minimum atomic E-state index is -0.291. The predicted octanol–water partition coefficient (Wildman–Crippen LogP) is 4.00. The molecular formula is C24H28FN5O2. The Balaban J connectivity index is 1.38. The van der Waals surface area contributed by atoms with Crippen molar-refractivity contribution < 1.29 is 13.9 Å². The molecule has 4 heterocycles. The van der Waals surface area contributed by atoms with E-state index in [9.17, 15) is 4.39 Å². The van der Waals surface area contributed by atoms with Gasteiger partial charge in [-0.15, -0.1) is 0 Å². The number of H-pyrrole nitrogens is 1. The Hall–Kier alpha value is -2.71. The van der Waals surface area contributed by atoms with Crippen molar-refractivity contribution in [3.8, 4) is 5.75 Å². The summed E-state index contributed by atoms with van der Waals surface area (Å²) in [7, 11) is 0. The van der Waals surface area contributed by atoms with Gasteiger partial charge in [0.05, 0.1) is 30.2 Å². The van der Waals surface area contributed by atoms with E-state index in [4.69, 9.17) is 9.47 Å². The van der Waals surface area contributed by atoms with Gasteiger partial charge in [0, 0.05) is 30.4 Å². The zero-order valence-electron chi connectivity index (χ0n) is 18.2. The van der Waals surface area contributed by atoms with Gasteiger partial charge in [0.1, 0.15) is 36.0 Å². The smallest absolute Gasteiger partial charge is 0.143 e. The number of halogens is 1. The van der Waals surface area contributed by atoms with Gasteiger partial charge in [0.25, 0.3) is 0 Å². The predicted molar refractivity (Wildman–Crippen MR) is 120 cm³/mol. The maximum atomic E-state index is 13.9. The van der Waals surface area contributed by atoms with Crippen molar-refractivity contribution in [2.75, 3.05) is 31.6 Å². The number of fused-ring (bicyclic) bond motifs is 2. The van der Waals surface area contributed by atoms with Crippen LogP contribution in [0.25, 0.3) is 11.0 Å². The quantitative estimate of drug-likeness (QED) is 0.643. The molecule has 8 heteroatoms. The van der Waals surface area contributed by atoms with E-state index in [0.29, 0.717) is 24.9 Å². The van der Waals surface area contributed by atoms with Gasteiger partial charge in [-0.1, -0.05) is 12.5 Å². The Labute approximate surface area is 186 Å². The van der Waals surface area contributed by atoms with Crippen LogP contribution in [0, 0.1) is 5.82 Å². The molecule has 0 amide bonds. The third-order valence-electron chi connectivity index (χ3n) is 7.13. The van der Waals surface area contributed by atoms with Crippen molar-refractivity contribution in [3.63, 3.8) is 0 Å². The highest BCUT2D eigenvalue weighted by Gasteiger charge is 2.37. The Kier molecular flexibility index (Phi) is 4.99. The topological polar surface area (TPSA) is 75.3 Å². The zero-order chi connectivity index (χ0) is 21.7. The molecule has 1 saturated heterocycles. The maximum Gasteiger partial charge on any atom is 0.143 e. The number of ether oxygens (including phenoxy) is 2. The molecule has 3 atom stereocenters. The number of rotatable bonds is 4. The van der Waals surface area contributed by atoms with E-state index < -0.39 is 0 Å². The van der Waals surface area contributed by atoms with Crippen LogP contribution >= 0.6 is 0 Å². The van der Waals surface area contributed by atoms with Crippen molar-refractivity contribution in [3.05, 3.63) is 47.7 Å². The number of hydrogen-bond acceptors (Lipinski definition) is 6. The van der Waals surface area contributed by atoms with Crippen LogP contribution in [0.3, 0.4) is 0 Å². The number of anilines is 1. The molecule has 1 saturated carbocycles. The minimum absolute atomic E-state index is 0.0781. The molecule has 32 heavy (non-hydrogen) atoms. The van der Waals surface area contributed by atoms with Gasteiger partial charge in [0.15, 0.2) is 0 Å². The molecule has 1 aromatic carbocycles. The number of aromatic nitrogens is 3. The molecule has 3 aliphatic rings. The second kappa shape index (κ2) is 8.01. The van der Waals surface area contributed by atoms with Crippen LogP contribution in [0.4, 0.5) is 10.2 Å².